The number of aryl methyl sites for hydroxylation is 1. The molecule has 1 N–H and O–H groups in total. The van der Waals surface area contributed by atoms with Gasteiger partial charge < -0.3 is 10.1 Å². The lowest BCUT2D eigenvalue weighted by Gasteiger charge is -2.37. The van der Waals surface area contributed by atoms with Crippen molar-refractivity contribution >= 4 is 11.6 Å². The number of halogens is 1. The quantitative estimate of drug-likeness (QED) is 0.873. The number of hydrogen-bond donors (Lipinski definition) is 1. The van der Waals surface area contributed by atoms with Gasteiger partial charge in [0.2, 0.25) is 0 Å². The third-order valence-corrected chi connectivity index (χ3v) is 3.45. The van der Waals surface area contributed by atoms with Crippen LogP contribution in [0.4, 0.5) is 0 Å². The van der Waals surface area contributed by atoms with Crippen molar-refractivity contribution in [2.45, 2.75) is 46.8 Å². The molecule has 0 saturated carbocycles. The first kappa shape index (κ1) is 16.5. The highest BCUT2D eigenvalue weighted by Crippen LogP contribution is 2.35. The standard InChI is InChI=1S/C14H26ClN3O/c1-7-16-11(12-10(15)9-17-18(12)6)13(19-8-2)14(3,4)5/h9,11,13,16H,7-8H2,1-6H3. The second-order valence-electron chi connectivity index (χ2n) is 5.78. The summed E-state index contributed by atoms with van der Waals surface area (Å²) in [5.74, 6) is 0. The molecular formula is C14H26ClN3O. The van der Waals surface area contributed by atoms with Crippen molar-refractivity contribution < 1.29 is 4.74 Å². The Hall–Kier alpha value is -0.580. The van der Waals surface area contributed by atoms with Crippen LogP contribution in [-0.2, 0) is 11.8 Å². The Balaban J connectivity index is 3.17. The molecular weight excluding hydrogens is 262 g/mol. The van der Waals surface area contributed by atoms with E-state index in [0.717, 1.165) is 12.2 Å². The van der Waals surface area contributed by atoms with E-state index < -0.39 is 0 Å². The van der Waals surface area contributed by atoms with Crippen LogP contribution in [0, 0.1) is 5.41 Å². The first-order valence-corrected chi connectivity index (χ1v) is 7.23. The van der Waals surface area contributed by atoms with Crippen molar-refractivity contribution in [3.8, 4) is 0 Å². The largest absolute Gasteiger partial charge is 0.376 e. The maximum Gasteiger partial charge on any atom is 0.0835 e. The number of likely N-dealkylation sites (N-methyl/N-ethyl adjacent to an activating group) is 1. The van der Waals surface area contributed by atoms with Crippen molar-refractivity contribution in [1.82, 2.24) is 15.1 Å². The van der Waals surface area contributed by atoms with E-state index in [2.05, 4.69) is 38.1 Å². The van der Waals surface area contributed by atoms with Crippen LogP contribution in [0.3, 0.4) is 0 Å². The Morgan fingerprint density at radius 2 is 2.05 bits per heavy atom. The molecule has 1 rings (SSSR count). The molecule has 5 heteroatoms. The predicted molar refractivity (Wildman–Crippen MR) is 79.5 cm³/mol. The Bertz CT molecular complexity index is 378. The van der Waals surface area contributed by atoms with Gasteiger partial charge in [-0.3, -0.25) is 4.68 Å². The van der Waals surface area contributed by atoms with Gasteiger partial charge in [0.1, 0.15) is 0 Å². The van der Waals surface area contributed by atoms with Gasteiger partial charge in [0.15, 0.2) is 0 Å². The van der Waals surface area contributed by atoms with E-state index in [9.17, 15) is 0 Å². The smallest absolute Gasteiger partial charge is 0.0835 e. The molecule has 1 aromatic heterocycles. The third-order valence-electron chi connectivity index (χ3n) is 3.16. The highest BCUT2D eigenvalue weighted by atomic mass is 35.5. The van der Waals surface area contributed by atoms with Gasteiger partial charge in [0.25, 0.3) is 0 Å². The summed E-state index contributed by atoms with van der Waals surface area (Å²) in [6.45, 7) is 12.2. The van der Waals surface area contributed by atoms with Crippen LogP contribution >= 0.6 is 11.6 Å². The van der Waals surface area contributed by atoms with Crippen LogP contribution < -0.4 is 5.32 Å². The van der Waals surface area contributed by atoms with Crippen LogP contribution in [-0.4, -0.2) is 29.0 Å². The molecule has 0 aliphatic heterocycles. The molecule has 0 aliphatic carbocycles. The highest BCUT2D eigenvalue weighted by Gasteiger charge is 2.36. The van der Waals surface area contributed by atoms with Gasteiger partial charge in [-0.05, 0) is 18.9 Å². The fraction of sp³-hybridized carbons (Fsp3) is 0.786. The molecule has 0 fully saturated rings. The van der Waals surface area contributed by atoms with Gasteiger partial charge in [-0.1, -0.05) is 39.3 Å². The molecule has 0 amide bonds. The minimum absolute atomic E-state index is 0.0104. The molecule has 1 heterocycles. The van der Waals surface area contributed by atoms with Gasteiger partial charge in [-0.2, -0.15) is 5.10 Å². The van der Waals surface area contributed by atoms with Crippen LogP contribution in [0.2, 0.25) is 5.02 Å². The van der Waals surface area contributed by atoms with E-state index in [1.807, 2.05) is 18.7 Å². The summed E-state index contributed by atoms with van der Waals surface area (Å²) in [6, 6.07) is 0.0324. The zero-order chi connectivity index (χ0) is 14.6. The third kappa shape index (κ3) is 3.94. The summed E-state index contributed by atoms with van der Waals surface area (Å²) in [5.41, 5.74) is 0.994. The lowest BCUT2D eigenvalue weighted by Crippen LogP contribution is -2.43. The fourth-order valence-electron chi connectivity index (χ4n) is 2.36. The molecule has 0 aliphatic rings. The lowest BCUT2D eigenvalue weighted by molar-refractivity contribution is -0.0378. The molecule has 1 aromatic rings. The average molecular weight is 288 g/mol. The number of nitrogens with one attached hydrogen (secondary N) is 1. The van der Waals surface area contributed by atoms with Crippen molar-refractivity contribution in [2.24, 2.45) is 12.5 Å². The minimum atomic E-state index is 0.0104. The fourth-order valence-corrected chi connectivity index (χ4v) is 2.65. The summed E-state index contributed by atoms with van der Waals surface area (Å²) in [4.78, 5) is 0. The average Bonchev–Trinajstić information content (AvgIpc) is 2.62. The zero-order valence-corrected chi connectivity index (χ0v) is 13.6. The first-order valence-electron chi connectivity index (χ1n) is 6.85. The predicted octanol–water partition coefficient (Wildman–Crippen LogP) is 3.18. The van der Waals surface area contributed by atoms with Gasteiger partial charge >= 0.3 is 0 Å². The molecule has 0 bridgehead atoms. The Morgan fingerprint density at radius 3 is 2.42 bits per heavy atom. The molecule has 2 unspecified atom stereocenters. The van der Waals surface area contributed by atoms with Crippen LogP contribution in [0.25, 0.3) is 0 Å². The number of hydrogen-bond acceptors (Lipinski definition) is 3. The summed E-state index contributed by atoms with van der Waals surface area (Å²) in [7, 11) is 1.91. The molecule has 0 aromatic carbocycles. The highest BCUT2D eigenvalue weighted by molar-refractivity contribution is 6.31. The molecule has 110 valence electrons. The zero-order valence-electron chi connectivity index (χ0n) is 12.8. The molecule has 19 heavy (non-hydrogen) atoms. The Labute approximate surface area is 121 Å². The van der Waals surface area contributed by atoms with Crippen molar-refractivity contribution in [2.75, 3.05) is 13.2 Å². The van der Waals surface area contributed by atoms with Crippen molar-refractivity contribution in [3.63, 3.8) is 0 Å². The first-order chi connectivity index (χ1) is 8.82. The maximum atomic E-state index is 6.29. The second-order valence-corrected chi connectivity index (χ2v) is 6.19. The number of aromatic nitrogens is 2. The van der Waals surface area contributed by atoms with Crippen LogP contribution in [0.5, 0.6) is 0 Å². The SMILES string of the molecule is CCNC(c1c(Cl)cnn1C)C(OCC)C(C)(C)C. The van der Waals surface area contributed by atoms with E-state index in [-0.39, 0.29) is 17.6 Å². The maximum absolute atomic E-state index is 6.29. The number of rotatable bonds is 6. The van der Waals surface area contributed by atoms with Crippen molar-refractivity contribution in [3.05, 3.63) is 16.9 Å². The van der Waals surface area contributed by atoms with E-state index in [4.69, 9.17) is 16.3 Å². The second kappa shape index (κ2) is 6.73. The van der Waals surface area contributed by atoms with Crippen LogP contribution in [0.15, 0.2) is 6.20 Å². The topological polar surface area (TPSA) is 39.1 Å². The molecule has 0 saturated heterocycles. The van der Waals surface area contributed by atoms with Crippen LogP contribution in [0.1, 0.15) is 46.4 Å². The molecule has 2 atom stereocenters. The molecule has 4 nitrogen and oxygen atoms in total. The summed E-state index contributed by atoms with van der Waals surface area (Å²) in [6.07, 6.45) is 1.72. The van der Waals surface area contributed by atoms with E-state index >= 15 is 0 Å². The van der Waals surface area contributed by atoms with Gasteiger partial charge in [-0.25, -0.2) is 0 Å². The van der Waals surface area contributed by atoms with Gasteiger partial charge in [-0.15, -0.1) is 0 Å². The van der Waals surface area contributed by atoms with E-state index in [0.29, 0.717) is 11.6 Å². The minimum Gasteiger partial charge on any atom is -0.376 e. The lowest BCUT2D eigenvalue weighted by atomic mass is 9.83. The monoisotopic (exact) mass is 287 g/mol. The number of nitrogens with zero attached hydrogens (tertiary/aromatic N) is 2. The molecule has 0 radical (unpaired) electrons. The summed E-state index contributed by atoms with van der Waals surface area (Å²) >= 11 is 6.29. The molecule has 0 spiro atoms. The van der Waals surface area contributed by atoms with E-state index in [1.54, 1.807) is 6.20 Å². The normalized spacial score (nSPS) is 15.5. The number of ether oxygens (including phenoxy) is 1. The van der Waals surface area contributed by atoms with Crippen molar-refractivity contribution in [1.29, 1.82) is 0 Å². The van der Waals surface area contributed by atoms with Gasteiger partial charge in [0.05, 0.1) is 29.1 Å². The summed E-state index contributed by atoms with van der Waals surface area (Å²) < 4.78 is 7.82. The van der Waals surface area contributed by atoms with E-state index in [1.165, 1.54) is 0 Å². The van der Waals surface area contributed by atoms with Gasteiger partial charge in [0, 0.05) is 13.7 Å². The Morgan fingerprint density at radius 1 is 1.42 bits per heavy atom. The summed E-state index contributed by atoms with van der Waals surface area (Å²) in [5, 5.41) is 8.40. The Kier molecular flexibility index (Phi) is 5.83.